The second-order valence-electron chi connectivity index (χ2n) is 7.71. The summed E-state index contributed by atoms with van der Waals surface area (Å²) >= 11 is 0. The monoisotopic (exact) mass is 410 g/mol. The minimum absolute atomic E-state index is 0. The Balaban J connectivity index is 0.00000280. The SMILES string of the molecule is CCOc1ccc(CCC2CCN(C(=O)CNCC3CCCO3)CC2)cc1.Cl. The van der Waals surface area contributed by atoms with E-state index in [1.807, 2.05) is 11.8 Å². The summed E-state index contributed by atoms with van der Waals surface area (Å²) in [4.78, 5) is 14.4. The predicted molar refractivity (Wildman–Crippen MR) is 114 cm³/mol. The molecular weight excluding hydrogens is 376 g/mol. The van der Waals surface area contributed by atoms with Crippen LogP contribution in [0.1, 0.15) is 44.6 Å². The number of hydrogen-bond acceptors (Lipinski definition) is 4. The molecule has 5 nitrogen and oxygen atoms in total. The molecule has 2 saturated heterocycles. The molecule has 1 unspecified atom stereocenters. The van der Waals surface area contributed by atoms with E-state index in [0.717, 1.165) is 70.0 Å². The summed E-state index contributed by atoms with van der Waals surface area (Å²) in [6.45, 7) is 6.61. The van der Waals surface area contributed by atoms with E-state index in [1.54, 1.807) is 0 Å². The molecule has 2 heterocycles. The molecule has 0 aromatic heterocycles. The molecule has 2 fully saturated rings. The van der Waals surface area contributed by atoms with Crippen molar-refractivity contribution >= 4 is 18.3 Å². The number of aryl methyl sites for hydroxylation is 1. The van der Waals surface area contributed by atoms with Crippen molar-refractivity contribution in [2.45, 2.75) is 51.6 Å². The maximum atomic E-state index is 12.4. The highest BCUT2D eigenvalue weighted by molar-refractivity contribution is 5.85. The van der Waals surface area contributed by atoms with E-state index in [2.05, 4.69) is 29.6 Å². The molecule has 1 N–H and O–H groups in total. The minimum Gasteiger partial charge on any atom is -0.494 e. The van der Waals surface area contributed by atoms with E-state index in [-0.39, 0.29) is 18.3 Å². The molecule has 3 rings (SSSR count). The van der Waals surface area contributed by atoms with Crippen molar-refractivity contribution in [2.75, 3.05) is 39.4 Å². The number of rotatable bonds is 9. The van der Waals surface area contributed by atoms with Crippen molar-refractivity contribution < 1.29 is 14.3 Å². The van der Waals surface area contributed by atoms with Gasteiger partial charge in [-0.2, -0.15) is 0 Å². The highest BCUT2D eigenvalue weighted by Gasteiger charge is 2.23. The van der Waals surface area contributed by atoms with Crippen molar-refractivity contribution in [3.63, 3.8) is 0 Å². The van der Waals surface area contributed by atoms with Gasteiger partial charge in [-0.3, -0.25) is 4.79 Å². The topological polar surface area (TPSA) is 50.8 Å². The molecule has 0 spiro atoms. The second-order valence-corrected chi connectivity index (χ2v) is 7.71. The maximum absolute atomic E-state index is 12.4. The van der Waals surface area contributed by atoms with Crippen LogP contribution in [0, 0.1) is 5.92 Å². The van der Waals surface area contributed by atoms with Crippen LogP contribution in [0.25, 0.3) is 0 Å². The van der Waals surface area contributed by atoms with Crippen molar-refractivity contribution in [3.8, 4) is 5.75 Å². The van der Waals surface area contributed by atoms with Gasteiger partial charge in [-0.15, -0.1) is 12.4 Å². The highest BCUT2D eigenvalue weighted by Crippen LogP contribution is 2.23. The molecule has 0 radical (unpaired) electrons. The number of likely N-dealkylation sites (tertiary alicyclic amines) is 1. The van der Waals surface area contributed by atoms with Gasteiger partial charge in [-0.05, 0) is 69.1 Å². The number of piperidine rings is 1. The van der Waals surface area contributed by atoms with Gasteiger partial charge in [0.1, 0.15) is 5.75 Å². The largest absolute Gasteiger partial charge is 0.494 e. The molecule has 158 valence electrons. The van der Waals surface area contributed by atoms with Crippen LogP contribution in [0.15, 0.2) is 24.3 Å². The molecule has 0 bridgehead atoms. The van der Waals surface area contributed by atoms with Gasteiger partial charge in [0.05, 0.1) is 19.3 Å². The number of benzene rings is 1. The molecule has 2 aliphatic rings. The summed E-state index contributed by atoms with van der Waals surface area (Å²) in [6.07, 6.45) is 7.10. The lowest BCUT2D eigenvalue weighted by molar-refractivity contribution is -0.131. The summed E-state index contributed by atoms with van der Waals surface area (Å²) in [5, 5.41) is 3.27. The standard InChI is InChI=1S/C22H34N2O3.ClH/c1-2-26-20-9-7-18(8-10-20)5-6-19-11-13-24(14-12-19)22(25)17-23-16-21-4-3-15-27-21;/h7-10,19,21,23H,2-6,11-17H2,1H3;1H. The van der Waals surface area contributed by atoms with Crippen LogP contribution < -0.4 is 10.1 Å². The number of hydrogen-bond donors (Lipinski definition) is 1. The quantitative estimate of drug-likeness (QED) is 0.677. The van der Waals surface area contributed by atoms with Crippen molar-refractivity contribution in [3.05, 3.63) is 29.8 Å². The summed E-state index contributed by atoms with van der Waals surface area (Å²) in [6, 6.07) is 8.46. The summed E-state index contributed by atoms with van der Waals surface area (Å²) in [5.41, 5.74) is 1.37. The zero-order valence-corrected chi connectivity index (χ0v) is 17.8. The van der Waals surface area contributed by atoms with E-state index in [4.69, 9.17) is 9.47 Å². The lowest BCUT2D eigenvalue weighted by atomic mass is 9.90. The number of nitrogens with zero attached hydrogens (tertiary/aromatic N) is 1. The molecule has 1 atom stereocenters. The highest BCUT2D eigenvalue weighted by atomic mass is 35.5. The fraction of sp³-hybridized carbons (Fsp3) is 0.682. The maximum Gasteiger partial charge on any atom is 0.236 e. The number of carbonyl (C=O) groups excluding carboxylic acids is 1. The van der Waals surface area contributed by atoms with Crippen LogP contribution in [0.2, 0.25) is 0 Å². The molecule has 2 aliphatic heterocycles. The van der Waals surface area contributed by atoms with Crippen molar-refractivity contribution in [2.24, 2.45) is 5.92 Å². The minimum atomic E-state index is 0. The summed E-state index contributed by atoms with van der Waals surface area (Å²) in [7, 11) is 0. The van der Waals surface area contributed by atoms with Gasteiger partial charge in [0.2, 0.25) is 5.91 Å². The third kappa shape index (κ3) is 7.26. The van der Waals surface area contributed by atoms with E-state index < -0.39 is 0 Å². The van der Waals surface area contributed by atoms with E-state index >= 15 is 0 Å². The molecule has 6 heteroatoms. The zero-order chi connectivity index (χ0) is 18.9. The molecule has 1 aromatic carbocycles. The summed E-state index contributed by atoms with van der Waals surface area (Å²) < 4.78 is 11.1. The van der Waals surface area contributed by atoms with E-state index in [9.17, 15) is 4.79 Å². The van der Waals surface area contributed by atoms with Crippen LogP contribution in [-0.4, -0.2) is 56.3 Å². The van der Waals surface area contributed by atoms with Gasteiger partial charge >= 0.3 is 0 Å². The Morgan fingerprint density at radius 2 is 1.96 bits per heavy atom. The lowest BCUT2D eigenvalue weighted by Gasteiger charge is -2.32. The first-order valence-electron chi connectivity index (χ1n) is 10.6. The number of amides is 1. The second kappa shape index (κ2) is 12.3. The van der Waals surface area contributed by atoms with Gasteiger partial charge < -0.3 is 19.7 Å². The number of halogens is 1. The van der Waals surface area contributed by atoms with E-state index in [1.165, 1.54) is 12.0 Å². The molecule has 0 aliphatic carbocycles. The smallest absolute Gasteiger partial charge is 0.236 e. The first-order valence-corrected chi connectivity index (χ1v) is 10.6. The average Bonchev–Trinajstić information content (AvgIpc) is 3.21. The van der Waals surface area contributed by atoms with Crippen LogP contribution in [0.4, 0.5) is 0 Å². The van der Waals surface area contributed by atoms with Gasteiger partial charge in [-0.25, -0.2) is 0 Å². The normalized spacial score (nSPS) is 20.0. The number of carbonyl (C=O) groups is 1. The van der Waals surface area contributed by atoms with Crippen LogP contribution in [-0.2, 0) is 16.0 Å². The Morgan fingerprint density at radius 1 is 1.21 bits per heavy atom. The zero-order valence-electron chi connectivity index (χ0n) is 17.0. The van der Waals surface area contributed by atoms with Crippen LogP contribution >= 0.6 is 12.4 Å². The Hall–Kier alpha value is -1.30. The van der Waals surface area contributed by atoms with Crippen LogP contribution in [0.3, 0.4) is 0 Å². The molecular formula is C22H35ClN2O3. The number of ether oxygens (including phenoxy) is 2. The fourth-order valence-corrected chi connectivity index (χ4v) is 4.02. The molecule has 1 amide bonds. The van der Waals surface area contributed by atoms with E-state index in [0.29, 0.717) is 19.3 Å². The Kier molecular flexibility index (Phi) is 10.1. The molecule has 1 aromatic rings. The average molecular weight is 411 g/mol. The van der Waals surface area contributed by atoms with Gasteiger partial charge in [0.15, 0.2) is 0 Å². The Labute approximate surface area is 175 Å². The van der Waals surface area contributed by atoms with Gasteiger partial charge in [0.25, 0.3) is 0 Å². The molecule has 0 saturated carbocycles. The van der Waals surface area contributed by atoms with Gasteiger partial charge in [0, 0.05) is 26.2 Å². The Morgan fingerprint density at radius 3 is 2.61 bits per heavy atom. The number of nitrogens with one attached hydrogen (secondary N) is 1. The van der Waals surface area contributed by atoms with Gasteiger partial charge in [-0.1, -0.05) is 12.1 Å². The first kappa shape index (κ1) is 23.0. The van der Waals surface area contributed by atoms with Crippen LogP contribution in [0.5, 0.6) is 5.75 Å². The molecule has 28 heavy (non-hydrogen) atoms. The Bertz CT molecular complexity index is 568. The lowest BCUT2D eigenvalue weighted by Crippen LogP contribution is -2.44. The third-order valence-corrected chi connectivity index (χ3v) is 5.72. The fourth-order valence-electron chi connectivity index (χ4n) is 4.02. The van der Waals surface area contributed by atoms with Crippen molar-refractivity contribution in [1.29, 1.82) is 0 Å². The summed E-state index contributed by atoms with van der Waals surface area (Å²) in [5.74, 6) is 1.90. The first-order chi connectivity index (χ1) is 13.2. The van der Waals surface area contributed by atoms with Crippen molar-refractivity contribution in [1.82, 2.24) is 10.2 Å². The third-order valence-electron chi connectivity index (χ3n) is 5.72. The predicted octanol–water partition coefficient (Wildman–Crippen LogP) is 3.45.